The molecule has 3 rings (SSSR count). The van der Waals surface area contributed by atoms with E-state index in [2.05, 4.69) is 44.0 Å². The van der Waals surface area contributed by atoms with Gasteiger partial charge in [-0.25, -0.2) is 5.10 Å². The quantitative estimate of drug-likeness (QED) is 0.574. The third-order valence-corrected chi connectivity index (χ3v) is 4.35. The monoisotopic (exact) mass is 336 g/mol. The Morgan fingerprint density at radius 2 is 2.16 bits per heavy atom. The highest BCUT2D eigenvalue weighted by atomic mass is 16.1. The van der Waals surface area contributed by atoms with Crippen LogP contribution in [0.1, 0.15) is 42.5 Å². The second kappa shape index (κ2) is 7.62. The first kappa shape index (κ1) is 16.7. The third-order valence-electron chi connectivity index (χ3n) is 4.35. The SMILES string of the molecule is CC(NC(=O)/C(C#N)=C\Nc1ncn[nH]1)c1ccc2c(c1)CCCC2. The van der Waals surface area contributed by atoms with E-state index >= 15 is 0 Å². The van der Waals surface area contributed by atoms with Crippen LogP contribution in [0.25, 0.3) is 0 Å². The lowest BCUT2D eigenvalue weighted by Crippen LogP contribution is -2.28. The number of aromatic nitrogens is 3. The van der Waals surface area contributed by atoms with Crippen LogP contribution < -0.4 is 10.6 Å². The summed E-state index contributed by atoms with van der Waals surface area (Å²) in [5.41, 5.74) is 3.80. The molecule has 1 amide bonds. The number of nitrogens with one attached hydrogen (secondary N) is 3. The number of amides is 1. The van der Waals surface area contributed by atoms with Crippen molar-refractivity contribution < 1.29 is 4.79 Å². The maximum absolute atomic E-state index is 12.3. The van der Waals surface area contributed by atoms with E-state index in [4.69, 9.17) is 0 Å². The largest absolute Gasteiger partial charge is 0.345 e. The number of nitrogens with zero attached hydrogens (tertiary/aromatic N) is 3. The van der Waals surface area contributed by atoms with Crippen LogP contribution in [0.4, 0.5) is 5.95 Å². The van der Waals surface area contributed by atoms with Gasteiger partial charge in [-0.1, -0.05) is 18.2 Å². The summed E-state index contributed by atoms with van der Waals surface area (Å²) in [6, 6.07) is 8.09. The van der Waals surface area contributed by atoms with Crippen molar-refractivity contribution in [3.05, 3.63) is 53.0 Å². The van der Waals surface area contributed by atoms with E-state index in [-0.39, 0.29) is 11.6 Å². The molecule has 1 heterocycles. The third kappa shape index (κ3) is 4.04. The molecule has 1 atom stereocenters. The number of H-pyrrole nitrogens is 1. The number of hydrogen-bond donors (Lipinski definition) is 3. The number of carbonyl (C=O) groups excluding carboxylic acids is 1. The normalized spacial score (nSPS) is 15.0. The smallest absolute Gasteiger partial charge is 0.263 e. The Balaban J connectivity index is 1.66. The van der Waals surface area contributed by atoms with Crippen molar-refractivity contribution in [2.24, 2.45) is 0 Å². The zero-order valence-electron chi connectivity index (χ0n) is 14.0. The van der Waals surface area contributed by atoms with Crippen LogP contribution in [0.2, 0.25) is 0 Å². The molecule has 1 aromatic carbocycles. The van der Waals surface area contributed by atoms with Gasteiger partial charge in [0.1, 0.15) is 18.0 Å². The van der Waals surface area contributed by atoms with Crippen molar-refractivity contribution in [2.75, 3.05) is 5.32 Å². The number of fused-ring (bicyclic) bond motifs is 1. The first-order chi connectivity index (χ1) is 12.2. The summed E-state index contributed by atoms with van der Waals surface area (Å²) in [6.07, 6.45) is 7.33. The van der Waals surface area contributed by atoms with Crippen LogP contribution in [0, 0.1) is 11.3 Å². The molecule has 1 aliphatic carbocycles. The lowest BCUT2D eigenvalue weighted by Gasteiger charge is -2.20. The van der Waals surface area contributed by atoms with E-state index in [9.17, 15) is 10.1 Å². The van der Waals surface area contributed by atoms with Crippen LogP contribution in [0.5, 0.6) is 0 Å². The molecule has 0 aliphatic heterocycles. The maximum Gasteiger partial charge on any atom is 0.263 e. The average molecular weight is 336 g/mol. The van der Waals surface area contributed by atoms with E-state index < -0.39 is 5.91 Å². The highest BCUT2D eigenvalue weighted by Crippen LogP contribution is 2.24. The second-order valence-corrected chi connectivity index (χ2v) is 6.08. The standard InChI is InChI=1S/C18H20N6O/c1-12(14-7-6-13-4-2-3-5-15(13)8-14)23-17(25)16(9-19)10-20-18-21-11-22-24-18/h6-8,10-12H,2-5H2,1H3,(H,23,25)(H2,20,21,22,24)/b16-10-. The molecule has 1 aliphatic rings. The van der Waals surface area contributed by atoms with Gasteiger partial charge in [-0.05, 0) is 49.3 Å². The van der Waals surface area contributed by atoms with E-state index in [1.807, 2.05) is 13.0 Å². The minimum Gasteiger partial charge on any atom is -0.345 e. The number of aromatic amines is 1. The molecule has 1 unspecified atom stereocenters. The summed E-state index contributed by atoms with van der Waals surface area (Å²) in [7, 11) is 0. The summed E-state index contributed by atoms with van der Waals surface area (Å²) in [6.45, 7) is 1.92. The lowest BCUT2D eigenvalue weighted by molar-refractivity contribution is -0.117. The molecule has 25 heavy (non-hydrogen) atoms. The molecule has 0 saturated heterocycles. The number of nitriles is 1. The number of anilines is 1. The molecule has 7 nitrogen and oxygen atoms in total. The van der Waals surface area contributed by atoms with Crippen LogP contribution in [0.15, 0.2) is 36.3 Å². The zero-order chi connectivity index (χ0) is 17.6. The molecular formula is C18H20N6O. The fourth-order valence-corrected chi connectivity index (χ4v) is 2.94. The van der Waals surface area contributed by atoms with E-state index in [1.54, 1.807) is 0 Å². The predicted molar refractivity (Wildman–Crippen MR) is 93.3 cm³/mol. The minimum absolute atomic E-state index is 0.0267. The van der Waals surface area contributed by atoms with Gasteiger partial charge in [0.05, 0.1) is 6.04 Å². The highest BCUT2D eigenvalue weighted by Gasteiger charge is 2.16. The van der Waals surface area contributed by atoms with E-state index in [0.29, 0.717) is 5.95 Å². The van der Waals surface area contributed by atoms with Gasteiger partial charge in [0.2, 0.25) is 5.95 Å². The minimum atomic E-state index is -0.431. The second-order valence-electron chi connectivity index (χ2n) is 6.08. The molecule has 2 aromatic rings. The van der Waals surface area contributed by atoms with E-state index in [1.165, 1.54) is 36.5 Å². The van der Waals surface area contributed by atoms with Crippen molar-refractivity contribution in [3.63, 3.8) is 0 Å². The molecule has 3 N–H and O–H groups in total. The summed E-state index contributed by atoms with van der Waals surface area (Å²) in [5.74, 6) is -0.0666. The molecule has 128 valence electrons. The zero-order valence-corrected chi connectivity index (χ0v) is 14.0. The number of benzene rings is 1. The molecule has 0 saturated carbocycles. The van der Waals surface area contributed by atoms with Crippen LogP contribution >= 0.6 is 0 Å². The predicted octanol–water partition coefficient (Wildman–Crippen LogP) is 2.38. The Bertz CT molecular complexity index is 819. The van der Waals surface area contributed by atoms with Gasteiger partial charge in [0, 0.05) is 6.20 Å². The molecular weight excluding hydrogens is 316 g/mol. The Morgan fingerprint density at radius 1 is 1.36 bits per heavy atom. The Labute approximate surface area is 146 Å². The van der Waals surface area contributed by atoms with Gasteiger partial charge in [-0.15, -0.1) is 0 Å². The van der Waals surface area contributed by atoms with Gasteiger partial charge in [0.15, 0.2) is 0 Å². The Morgan fingerprint density at radius 3 is 2.88 bits per heavy atom. The number of rotatable bonds is 5. The van der Waals surface area contributed by atoms with Gasteiger partial charge in [-0.2, -0.15) is 15.3 Å². The summed E-state index contributed by atoms with van der Waals surface area (Å²) in [5, 5.41) is 21.1. The topological polar surface area (TPSA) is 106 Å². The van der Waals surface area contributed by atoms with Gasteiger partial charge < -0.3 is 10.6 Å². The Hall–Kier alpha value is -3.14. The molecule has 0 bridgehead atoms. The van der Waals surface area contributed by atoms with Gasteiger partial charge in [0.25, 0.3) is 5.91 Å². The summed E-state index contributed by atoms with van der Waals surface area (Å²) >= 11 is 0. The lowest BCUT2D eigenvalue weighted by atomic mass is 9.89. The Kier molecular flexibility index (Phi) is 5.09. The van der Waals surface area contributed by atoms with Gasteiger partial charge >= 0.3 is 0 Å². The molecule has 0 spiro atoms. The summed E-state index contributed by atoms with van der Waals surface area (Å²) in [4.78, 5) is 16.2. The van der Waals surface area contributed by atoms with Crippen molar-refractivity contribution in [1.29, 1.82) is 5.26 Å². The van der Waals surface area contributed by atoms with Crippen LogP contribution in [-0.2, 0) is 17.6 Å². The first-order valence-corrected chi connectivity index (χ1v) is 8.32. The summed E-state index contributed by atoms with van der Waals surface area (Å²) < 4.78 is 0. The number of aryl methyl sites for hydroxylation is 2. The van der Waals surface area contributed by atoms with Crippen LogP contribution in [0.3, 0.4) is 0 Å². The molecule has 7 heteroatoms. The number of hydrogen-bond acceptors (Lipinski definition) is 5. The maximum atomic E-state index is 12.3. The fourth-order valence-electron chi connectivity index (χ4n) is 2.94. The molecule has 1 aromatic heterocycles. The molecule has 0 fully saturated rings. The van der Waals surface area contributed by atoms with Gasteiger partial charge in [-0.3, -0.25) is 4.79 Å². The first-order valence-electron chi connectivity index (χ1n) is 8.32. The van der Waals surface area contributed by atoms with Crippen LogP contribution in [-0.4, -0.2) is 21.1 Å². The fraction of sp³-hybridized carbons (Fsp3) is 0.333. The average Bonchev–Trinajstić information content (AvgIpc) is 3.15. The highest BCUT2D eigenvalue weighted by molar-refractivity contribution is 5.97. The van der Waals surface area contributed by atoms with Crippen molar-refractivity contribution in [3.8, 4) is 6.07 Å². The van der Waals surface area contributed by atoms with Crippen molar-refractivity contribution >= 4 is 11.9 Å². The van der Waals surface area contributed by atoms with Crippen molar-refractivity contribution in [1.82, 2.24) is 20.5 Å². The molecule has 0 radical (unpaired) electrons. The van der Waals surface area contributed by atoms with E-state index in [0.717, 1.165) is 18.4 Å². The van der Waals surface area contributed by atoms with Crippen molar-refractivity contribution in [2.45, 2.75) is 38.6 Å². The number of carbonyl (C=O) groups is 1.